The van der Waals surface area contributed by atoms with Gasteiger partial charge in [0.2, 0.25) is 11.8 Å². The van der Waals surface area contributed by atoms with Gasteiger partial charge in [-0.25, -0.2) is 4.79 Å². The van der Waals surface area contributed by atoms with E-state index in [9.17, 15) is 19.2 Å². The predicted octanol–water partition coefficient (Wildman–Crippen LogP) is 1.67. The van der Waals surface area contributed by atoms with E-state index in [2.05, 4.69) is 5.32 Å². The topological polar surface area (TPSA) is 111 Å². The number of esters is 1. The molecule has 3 amide bonds. The third-order valence-corrected chi connectivity index (χ3v) is 5.74. The Morgan fingerprint density at radius 2 is 1.65 bits per heavy atom. The summed E-state index contributed by atoms with van der Waals surface area (Å²) >= 11 is 0. The van der Waals surface area contributed by atoms with Crippen molar-refractivity contribution in [2.75, 3.05) is 18.5 Å². The van der Waals surface area contributed by atoms with Gasteiger partial charge in [0, 0.05) is 11.8 Å². The molecule has 2 aliphatic heterocycles. The Hall–Kier alpha value is -3.36. The molecule has 0 saturated carbocycles. The molecule has 9 heteroatoms. The molecule has 2 heterocycles. The van der Waals surface area contributed by atoms with Crippen LogP contribution in [0, 0.1) is 11.8 Å². The smallest absolute Gasteiger partial charge is 0.329 e. The van der Waals surface area contributed by atoms with Gasteiger partial charge in [0.05, 0.1) is 11.8 Å². The lowest BCUT2D eigenvalue weighted by atomic mass is 9.85. The minimum absolute atomic E-state index is 0.364. The number of benzene rings is 1. The summed E-state index contributed by atoms with van der Waals surface area (Å²) in [4.78, 5) is 51.3. The average molecular weight is 428 g/mol. The van der Waals surface area contributed by atoms with Gasteiger partial charge >= 0.3 is 5.97 Å². The molecule has 0 bridgehead atoms. The standard InChI is InChI=1S/C22H24N2O7/c1-12(24-20(26)15-5-3-4-6-16(15)21(24)27)22(28)31-13(2)19(25)23-14-7-8-17-18(11-14)30-10-9-29-17/h3-4,7-8,11-13,15-16H,5-6,9-10H2,1-2H3,(H,23,25). The van der Waals surface area contributed by atoms with Crippen molar-refractivity contribution in [1.29, 1.82) is 0 Å². The molecule has 4 rings (SSSR count). The number of imide groups is 1. The normalized spacial score (nSPS) is 23.7. The van der Waals surface area contributed by atoms with Gasteiger partial charge in [-0.3, -0.25) is 19.3 Å². The highest BCUT2D eigenvalue weighted by atomic mass is 16.6. The first kappa shape index (κ1) is 20.9. The SMILES string of the molecule is CC(OC(=O)C(C)N1C(=O)C2CC=CCC2C1=O)C(=O)Nc1ccc2c(c1)OCCO2. The minimum atomic E-state index is -1.13. The Morgan fingerprint density at radius 3 is 2.29 bits per heavy atom. The third kappa shape index (κ3) is 3.99. The number of anilines is 1. The number of ether oxygens (including phenoxy) is 3. The lowest BCUT2D eigenvalue weighted by Crippen LogP contribution is -2.46. The van der Waals surface area contributed by atoms with Crippen molar-refractivity contribution >= 4 is 29.4 Å². The van der Waals surface area contributed by atoms with Crippen LogP contribution in [0.1, 0.15) is 26.7 Å². The number of hydrogen-bond donors (Lipinski definition) is 1. The van der Waals surface area contributed by atoms with E-state index in [0.29, 0.717) is 43.2 Å². The summed E-state index contributed by atoms with van der Waals surface area (Å²) in [6.07, 6.45) is 3.61. The van der Waals surface area contributed by atoms with Crippen LogP contribution in [0.2, 0.25) is 0 Å². The van der Waals surface area contributed by atoms with Crippen LogP contribution in [0.25, 0.3) is 0 Å². The van der Waals surface area contributed by atoms with Crippen LogP contribution in [0.15, 0.2) is 30.4 Å². The second-order valence-electron chi connectivity index (χ2n) is 7.81. The van der Waals surface area contributed by atoms with Gasteiger partial charge in [-0.05, 0) is 38.8 Å². The Labute approximate surface area is 179 Å². The van der Waals surface area contributed by atoms with Gasteiger partial charge in [0.25, 0.3) is 5.91 Å². The number of carbonyl (C=O) groups excluding carboxylic acids is 4. The van der Waals surface area contributed by atoms with Gasteiger partial charge in [-0.15, -0.1) is 0 Å². The van der Waals surface area contributed by atoms with Crippen molar-refractivity contribution in [2.24, 2.45) is 11.8 Å². The highest BCUT2D eigenvalue weighted by molar-refractivity contribution is 6.08. The maximum atomic E-state index is 12.6. The fraction of sp³-hybridized carbons (Fsp3) is 0.455. The molecular weight excluding hydrogens is 404 g/mol. The van der Waals surface area contributed by atoms with E-state index in [1.54, 1.807) is 18.2 Å². The number of likely N-dealkylation sites (tertiary alicyclic amines) is 1. The lowest BCUT2D eigenvalue weighted by Gasteiger charge is -2.23. The van der Waals surface area contributed by atoms with Crippen molar-refractivity contribution < 1.29 is 33.4 Å². The summed E-state index contributed by atoms with van der Waals surface area (Å²) in [5.41, 5.74) is 0.465. The molecular formula is C22H24N2O7. The summed E-state index contributed by atoms with van der Waals surface area (Å²) in [6.45, 7) is 3.75. The highest BCUT2D eigenvalue weighted by Gasteiger charge is 2.50. The van der Waals surface area contributed by atoms with E-state index in [1.165, 1.54) is 13.8 Å². The molecule has 3 aliphatic rings. The molecule has 4 unspecified atom stereocenters. The average Bonchev–Trinajstić information content (AvgIpc) is 3.03. The Morgan fingerprint density at radius 1 is 1.03 bits per heavy atom. The van der Waals surface area contributed by atoms with E-state index in [0.717, 1.165) is 4.90 Å². The Balaban J connectivity index is 1.36. The number of allylic oxidation sites excluding steroid dienone is 2. The molecule has 9 nitrogen and oxygen atoms in total. The summed E-state index contributed by atoms with van der Waals surface area (Å²) < 4.78 is 16.2. The Bertz CT molecular complexity index is 931. The fourth-order valence-electron chi connectivity index (χ4n) is 4.00. The zero-order valence-electron chi connectivity index (χ0n) is 17.3. The van der Waals surface area contributed by atoms with E-state index in [4.69, 9.17) is 14.2 Å². The summed E-state index contributed by atoms with van der Waals surface area (Å²) in [6, 6.07) is 3.86. The largest absolute Gasteiger partial charge is 0.486 e. The van der Waals surface area contributed by atoms with E-state index < -0.39 is 35.9 Å². The van der Waals surface area contributed by atoms with E-state index >= 15 is 0 Å². The van der Waals surface area contributed by atoms with Crippen LogP contribution in [0.3, 0.4) is 0 Å². The highest BCUT2D eigenvalue weighted by Crippen LogP contribution is 2.36. The molecule has 1 saturated heterocycles. The van der Waals surface area contributed by atoms with Crippen LogP contribution >= 0.6 is 0 Å². The number of carbonyl (C=O) groups is 4. The van der Waals surface area contributed by atoms with Crippen LogP contribution in [-0.2, 0) is 23.9 Å². The first-order valence-corrected chi connectivity index (χ1v) is 10.3. The fourth-order valence-corrected chi connectivity index (χ4v) is 4.00. The maximum absolute atomic E-state index is 12.6. The number of fused-ring (bicyclic) bond motifs is 2. The van der Waals surface area contributed by atoms with Crippen LogP contribution in [0.5, 0.6) is 11.5 Å². The minimum Gasteiger partial charge on any atom is -0.486 e. The van der Waals surface area contributed by atoms with Gasteiger partial charge in [-0.1, -0.05) is 12.2 Å². The van der Waals surface area contributed by atoms with Crippen molar-refractivity contribution in [3.05, 3.63) is 30.4 Å². The molecule has 0 aromatic heterocycles. The first-order valence-electron chi connectivity index (χ1n) is 10.3. The zero-order valence-corrected chi connectivity index (χ0v) is 17.3. The molecule has 31 heavy (non-hydrogen) atoms. The molecule has 164 valence electrons. The second kappa shape index (κ2) is 8.41. The number of hydrogen-bond acceptors (Lipinski definition) is 7. The molecule has 1 fully saturated rings. The van der Waals surface area contributed by atoms with E-state index in [1.807, 2.05) is 12.2 Å². The number of rotatable bonds is 5. The molecule has 1 N–H and O–H groups in total. The Kier molecular flexibility index (Phi) is 5.67. The second-order valence-corrected chi connectivity index (χ2v) is 7.81. The third-order valence-electron chi connectivity index (χ3n) is 5.74. The summed E-state index contributed by atoms with van der Waals surface area (Å²) in [5.74, 6) is -1.83. The van der Waals surface area contributed by atoms with Gasteiger partial charge in [0.1, 0.15) is 19.3 Å². The van der Waals surface area contributed by atoms with Crippen LogP contribution in [0.4, 0.5) is 5.69 Å². The molecule has 0 radical (unpaired) electrons. The van der Waals surface area contributed by atoms with Crippen molar-refractivity contribution in [2.45, 2.75) is 38.8 Å². The molecule has 4 atom stereocenters. The molecule has 1 aliphatic carbocycles. The monoisotopic (exact) mass is 428 g/mol. The van der Waals surface area contributed by atoms with Gasteiger partial charge in [0.15, 0.2) is 17.6 Å². The molecule has 1 aromatic carbocycles. The predicted molar refractivity (Wildman–Crippen MR) is 108 cm³/mol. The summed E-state index contributed by atoms with van der Waals surface area (Å²) in [5, 5.41) is 2.66. The van der Waals surface area contributed by atoms with Crippen molar-refractivity contribution in [1.82, 2.24) is 4.90 Å². The molecule has 1 aromatic rings. The number of amides is 3. The number of nitrogens with zero attached hydrogens (tertiary/aromatic N) is 1. The number of nitrogens with one attached hydrogen (secondary N) is 1. The molecule has 0 spiro atoms. The maximum Gasteiger partial charge on any atom is 0.329 e. The van der Waals surface area contributed by atoms with Crippen LogP contribution < -0.4 is 14.8 Å². The quantitative estimate of drug-likeness (QED) is 0.431. The van der Waals surface area contributed by atoms with Crippen molar-refractivity contribution in [3.63, 3.8) is 0 Å². The van der Waals surface area contributed by atoms with E-state index in [-0.39, 0.29) is 11.8 Å². The van der Waals surface area contributed by atoms with Crippen molar-refractivity contribution in [3.8, 4) is 11.5 Å². The van der Waals surface area contributed by atoms with Gasteiger partial charge in [-0.2, -0.15) is 0 Å². The lowest BCUT2D eigenvalue weighted by molar-refractivity contribution is -0.163. The van der Waals surface area contributed by atoms with Crippen LogP contribution in [-0.4, -0.2) is 54.0 Å². The summed E-state index contributed by atoms with van der Waals surface area (Å²) in [7, 11) is 0. The van der Waals surface area contributed by atoms with Gasteiger partial charge < -0.3 is 19.5 Å². The zero-order chi connectivity index (χ0) is 22.1. The first-order chi connectivity index (χ1) is 14.9.